The molecule has 0 N–H and O–H groups in total. The molecule has 0 aliphatic rings. The van der Waals surface area contributed by atoms with Gasteiger partial charge in [-0.3, -0.25) is 0 Å². The molecule has 0 fully saturated rings. The van der Waals surface area contributed by atoms with E-state index in [4.69, 9.17) is 16.8 Å². The highest BCUT2D eigenvalue weighted by Gasteiger charge is 2.22. The molecule has 0 bridgehead atoms. The Labute approximate surface area is 311 Å². The van der Waals surface area contributed by atoms with Gasteiger partial charge in [0.2, 0.25) is 0 Å². The fourth-order valence-corrected chi connectivity index (χ4v) is 7.33. The van der Waals surface area contributed by atoms with E-state index in [0.717, 1.165) is 25.1 Å². The lowest BCUT2D eigenvalue weighted by Gasteiger charge is -2.28. The van der Waals surface area contributed by atoms with Crippen molar-refractivity contribution in [1.29, 1.82) is 0 Å². The maximum absolute atomic E-state index is 9.74. The van der Waals surface area contributed by atoms with Gasteiger partial charge < -0.3 is 9.32 Å². The molecule has 3 heteroatoms. The predicted molar refractivity (Wildman–Crippen MR) is 210 cm³/mol. The summed E-state index contributed by atoms with van der Waals surface area (Å²) in [6, 6.07) is 9.11. The van der Waals surface area contributed by atoms with Gasteiger partial charge in [0.15, 0.2) is 0 Å². The number of hydrogen-bond acceptors (Lipinski definition) is 3. The summed E-state index contributed by atoms with van der Waals surface area (Å²) in [7, 11) is 0. The van der Waals surface area contributed by atoms with Gasteiger partial charge >= 0.3 is 0 Å². The molecule has 0 saturated carbocycles. The Balaban J connectivity index is 1.41. The second-order valence-electron chi connectivity index (χ2n) is 11.2. The summed E-state index contributed by atoms with van der Waals surface area (Å²) in [4.78, 5) is 0.907. The van der Waals surface area contributed by atoms with E-state index in [1.165, 1.54) is 11.3 Å². The van der Waals surface area contributed by atoms with Crippen LogP contribution in [0.1, 0.15) is 23.3 Å². The van der Waals surface area contributed by atoms with Crippen LogP contribution in [0.15, 0.2) is 180 Å². The van der Waals surface area contributed by atoms with Gasteiger partial charge in [0.25, 0.3) is 0 Å². The third kappa shape index (κ3) is 4.55. The lowest BCUT2D eigenvalue weighted by atomic mass is 9.99. The molecule has 0 amide bonds. The standard InChI is InChI=1S/C46H29NOS/c1-2-11-31(12-3-1)35-14-6-8-17-40(35)47(41-18-10-19-42-45(41)39-28-23-32-13-4-5-15-36(32)46(39)48-42)34-25-21-30(22-26-34)33-24-27-38-37-16-7-9-20-43(37)49-44(38)29-33/h1-29H/i4D,5D,6D,8D,10D,13D,14D,15D,17D,18D,19D,21D,22D,23D,25D,26D,28D. The summed E-state index contributed by atoms with van der Waals surface area (Å²) in [5, 5.41) is 0.410. The largest absolute Gasteiger partial charge is 0.455 e. The van der Waals surface area contributed by atoms with Crippen molar-refractivity contribution in [3.05, 3.63) is 176 Å². The minimum atomic E-state index is -0.834. The monoisotopic (exact) mass is 660 g/mol. The Hall–Kier alpha value is -6.16. The number of thiophene rings is 1. The molecule has 0 aliphatic heterocycles. The van der Waals surface area contributed by atoms with Crippen LogP contribution in [0.5, 0.6) is 0 Å². The van der Waals surface area contributed by atoms with Crippen molar-refractivity contribution < 1.29 is 27.7 Å². The van der Waals surface area contributed by atoms with Gasteiger partial charge in [-0.05, 0) is 70.5 Å². The van der Waals surface area contributed by atoms with Crippen molar-refractivity contribution in [2.75, 3.05) is 4.90 Å². The highest BCUT2D eigenvalue weighted by molar-refractivity contribution is 7.25. The third-order valence-corrected chi connectivity index (χ3v) is 9.54. The first-order valence-corrected chi connectivity index (χ1v) is 16.0. The molecule has 2 heterocycles. The number of anilines is 3. The minimum Gasteiger partial charge on any atom is -0.455 e. The number of fused-ring (bicyclic) bond motifs is 8. The molecule has 0 unspecified atom stereocenters. The number of hydrogen-bond donors (Lipinski definition) is 0. The van der Waals surface area contributed by atoms with Gasteiger partial charge in [-0.25, -0.2) is 0 Å². The van der Waals surface area contributed by atoms with E-state index in [1.807, 2.05) is 30.3 Å². The average Bonchev–Trinajstić information content (AvgIpc) is 3.89. The first kappa shape index (κ1) is 15.8. The number of para-hydroxylation sites is 1. The second kappa shape index (κ2) is 11.2. The van der Waals surface area contributed by atoms with Crippen LogP contribution < -0.4 is 4.90 Å². The van der Waals surface area contributed by atoms with Crippen LogP contribution in [0.3, 0.4) is 0 Å². The van der Waals surface area contributed by atoms with Gasteiger partial charge in [-0.1, -0.05) is 127 Å². The summed E-state index contributed by atoms with van der Waals surface area (Å²) in [6.45, 7) is 0. The van der Waals surface area contributed by atoms with Crippen molar-refractivity contribution in [3.8, 4) is 22.3 Å². The summed E-state index contributed by atoms with van der Waals surface area (Å²) in [5.74, 6) is 0. The molecule has 10 aromatic rings. The summed E-state index contributed by atoms with van der Waals surface area (Å²) in [6.07, 6.45) is 0. The van der Waals surface area contributed by atoms with Crippen molar-refractivity contribution in [2.24, 2.45) is 0 Å². The number of rotatable bonds is 5. The quantitative estimate of drug-likeness (QED) is 0.183. The molecule has 0 spiro atoms. The van der Waals surface area contributed by atoms with E-state index in [2.05, 4.69) is 0 Å². The van der Waals surface area contributed by atoms with E-state index in [-0.39, 0.29) is 32.8 Å². The van der Waals surface area contributed by atoms with Crippen LogP contribution in [0.4, 0.5) is 17.1 Å². The fourth-order valence-electron chi connectivity index (χ4n) is 6.19. The van der Waals surface area contributed by atoms with Gasteiger partial charge in [0.05, 0.1) is 40.1 Å². The van der Waals surface area contributed by atoms with Gasteiger partial charge in [-0.2, -0.15) is 0 Å². The highest BCUT2D eigenvalue weighted by atomic mass is 32.1. The molecule has 2 aromatic heterocycles. The average molecular weight is 661 g/mol. The van der Waals surface area contributed by atoms with Crippen molar-refractivity contribution in [2.45, 2.75) is 0 Å². The van der Waals surface area contributed by atoms with Crippen LogP contribution in [-0.4, -0.2) is 0 Å². The van der Waals surface area contributed by atoms with Crippen LogP contribution in [0.2, 0.25) is 0 Å². The summed E-state index contributed by atoms with van der Waals surface area (Å²) >= 11 is 1.48. The molecule has 10 rings (SSSR count). The molecular formula is C46H29NOS. The topological polar surface area (TPSA) is 16.4 Å². The number of furan rings is 1. The first-order chi connectivity index (χ1) is 31.4. The minimum absolute atomic E-state index is 0.105. The van der Waals surface area contributed by atoms with E-state index in [9.17, 15) is 11.0 Å². The molecule has 0 saturated heterocycles. The predicted octanol–water partition coefficient (Wildman–Crippen LogP) is 13.9. The zero-order valence-corrected chi connectivity index (χ0v) is 26.0. The number of benzene rings is 8. The van der Waals surface area contributed by atoms with Gasteiger partial charge in [0, 0.05) is 42.2 Å². The van der Waals surface area contributed by atoms with Crippen molar-refractivity contribution in [3.63, 3.8) is 0 Å². The smallest absolute Gasteiger partial charge is 0.143 e. The van der Waals surface area contributed by atoms with Crippen LogP contribution in [0.25, 0.3) is 75.1 Å². The van der Waals surface area contributed by atoms with Crippen LogP contribution >= 0.6 is 11.3 Å². The molecule has 2 nitrogen and oxygen atoms in total. The SMILES string of the molecule is [2H]c1c([2H])c([2H])c(N(c2c([2H])c([2H])c(-c3ccc4c(c3)sc3ccccc34)c([2H])c2[2H])c2c([2H])c([2H])c([2H])c3oc4c5c([2H])c([2H])c([2H])c([2H])c5c([2H])c([2H])c4c23)c(-c2ccccc2)c1[2H]. The molecule has 49 heavy (non-hydrogen) atoms. The van der Waals surface area contributed by atoms with Gasteiger partial charge in [-0.15, -0.1) is 11.3 Å². The third-order valence-electron chi connectivity index (χ3n) is 8.41. The Morgan fingerprint density at radius 1 is 0.510 bits per heavy atom. The van der Waals surface area contributed by atoms with E-state index < -0.39 is 136 Å². The Kier molecular flexibility index (Phi) is 3.63. The maximum Gasteiger partial charge on any atom is 0.143 e. The Morgan fingerprint density at radius 2 is 1.29 bits per heavy atom. The van der Waals surface area contributed by atoms with E-state index in [1.54, 1.807) is 42.5 Å². The van der Waals surface area contributed by atoms with E-state index in [0.29, 0.717) is 5.56 Å². The normalized spacial score (nSPS) is 16.5. The second-order valence-corrected chi connectivity index (χ2v) is 12.3. The fraction of sp³-hybridized carbons (Fsp3) is 0. The molecule has 0 radical (unpaired) electrons. The van der Waals surface area contributed by atoms with Crippen LogP contribution in [-0.2, 0) is 0 Å². The lowest BCUT2D eigenvalue weighted by Crippen LogP contribution is -2.11. The van der Waals surface area contributed by atoms with E-state index >= 15 is 0 Å². The molecule has 0 aliphatic carbocycles. The lowest BCUT2D eigenvalue weighted by molar-refractivity contribution is 0.672. The zero-order valence-electron chi connectivity index (χ0n) is 42.2. The van der Waals surface area contributed by atoms with Crippen molar-refractivity contribution in [1.82, 2.24) is 0 Å². The molecule has 230 valence electrons. The van der Waals surface area contributed by atoms with Crippen molar-refractivity contribution >= 4 is 81.3 Å². The Bertz CT molecular complexity index is 3780. The first-order valence-electron chi connectivity index (χ1n) is 23.7. The number of nitrogens with zero attached hydrogens (tertiary/aromatic N) is 1. The molecule has 0 atom stereocenters. The van der Waals surface area contributed by atoms with Crippen LogP contribution in [0, 0.1) is 0 Å². The summed E-state index contributed by atoms with van der Waals surface area (Å²) < 4.78 is 164. The van der Waals surface area contributed by atoms with Gasteiger partial charge in [0.1, 0.15) is 11.2 Å². The Morgan fingerprint density at radius 3 is 2.20 bits per heavy atom. The zero-order chi connectivity index (χ0) is 47.1. The maximum atomic E-state index is 9.74. The highest BCUT2D eigenvalue weighted by Crippen LogP contribution is 2.47. The summed E-state index contributed by atoms with van der Waals surface area (Å²) in [5.41, 5.74) is -2.44. The molecular weight excluding hydrogens is 615 g/mol. The molecule has 8 aromatic carbocycles.